The standard InChI is InChI=1S/C36H41N3O6S/c1-39-18-17-37-36(39)46-24-31-21-32(27-15-13-25(23-40)14-16-27)45-35(44-31)30-10-6-9-29(20-30)28-8-5-7-26(19-28)22-38-33(41)11-3-2-4-12-34(42)43/h5-10,13-20,31-32,35,40H,2-4,11-12,21-24H2,1H3,(H,38,41)(H,42,43)/t31-,32+,35+/m0/s1. The molecule has 1 saturated heterocycles. The molecule has 1 aliphatic rings. The lowest BCUT2D eigenvalue weighted by Crippen LogP contribution is -2.31. The maximum absolute atomic E-state index is 12.3. The van der Waals surface area contributed by atoms with Gasteiger partial charge in [0.15, 0.2) is 11.4 Å². The van der Waals surface area contributed by atoms with E-state index in [4.69, 9.17) is 14.6 Å². The van der Waals surface area contributed by atoms with Crippen molar-refractivity contribution in [1.29, 1.82) is 0 Å². The number of imidazole rings is 1. The van der Waals surface area contributed by atoms with E-state index in [-0.39, 0.29) is 31.1 Å². The van der Waals surface area contributed by atoms with Crippen LogP contribution in [0.1, 0.15) is 73.2 Å². The number of carboxylic acid groups (broad SMARTS) is 1. The number of aromatic nitrogens is 2. The highest BCUT2D eigenvalue weighted by molar-refractivity contribution is 7.99. The summed E-state index contributed by atoms with van der Waals surface area (Å²) in [6.07, 6.45) is 6.12. The number of benzene rings is 3. The quantitative estimate of drug-likeness (QED) is 0.0983. The van der Waals surface area contributed by atoms with Crippen LogP contribution >= 0.6 is 11.8 Å². The number of nitrogens with zero attached hydrogens (tertiary/aromatic N) is 2. The van der Waals surface area contributed by atoms with Gasteiger partial charge in [-0.15, -0.1) is 0 Å². The molecule has 3 aromatic carbocycles. The van der Waals surface area contributed by atoms with Crippen molar-refractivity contribution >= 4 is 23.6 Å². The zero-order valence-electron chi connectivity index (χ0n) is 26.0. The molecule has 242 valence electrons. The number of aliphatic hydroxyl groups excluding tert-OH is 1. The van der Waals surface area contributed by atoms with Gasteiger partial charge in [-0.2, -0.15) is 0 Å². The zero-order chi connectivity index (χ0) is 32.3. The third-order valence-electron chi connectivity index (χ3n) is 7.99. The Morgan fingerprint density at radius 3 is 2.43 bits per heavy atom. The lowest BCUT2D eigenvalue weighted by molar-refractivity contribution is -0.245. The minimum atomic E-state index is -0.803. The summed E-state index contributed by atoms with van der Waals surface area (Å²) in [5, 5.41) is 22.2. The van der Waals surface area contributed by atoms with Crippen molar-refractivity contribution < 1.29 is 29.3 Å². The second-order valence-corrected chi connectivity index (χ2v) is 12.5. The van der Waals surface area contributed by atoms with Crippen LogP contribution in [0.4, 0.5) is 0 Å². The van der Waals surface area contributed by atoms with Crippen LogP contribution < -0.4 is 5.32 Å². The lowest BCUT2D eigenvalue weighted by atomic mass is 9.99. The van der Waals surface area contributed by atoms with Crippen molar-refractivity contribution in [1.82, 2.24) is 14.9 Å². The molecule has 1 fully saturated rings. The Morgan fingerprint density at radius 2 is 1.70 bits per heavy atom. The van der Waals surface area contributed by atoms with Crippen molar-refractivity contribution in [3.63, 3.8) is 0 Å². The summed E-state index contributed by atoms with van der Waals surface area (Å²) < 4.78 is 15.1. The van der Waals surface area contributed by atoms with E-state index < -0.39 is 12.3 Å². The summed E-state index contributed by atoms with van der Waals surface area (Å²) in [6, 6.07) is 24.2. The second kappa shape index (κ2) is 16.6. The van der Waals surface area contributed by atoms with E-state index in [0.717, 1.165) is 50.7 Å². The Bertz CT molecular complexity index is 1590. The Hall–Kier alpha value is -3.96. The molecule has 1 aliphatic heterocycles. The largest absolute Gasteiger partial charge is 0.481 e. The van der Waals surface area contributed by atoms with E-state index >= 15 is 0 Å². The minimum absolute atomic E-state index is 0.00296. The first-order chi connectivity index (χ1) is 22.4. The van der Waals surface area contributed by atoms with Crippen LogP contribution in [0.2, 0.25) is 0 Å². The van der Waals surface area contributed by atoms with Gasteiger partial charge in [0.05, 0.1) is 18.8 Å². The summed E-state index contributed by atoms with van der Waals surface area (Å²) >= 11 is 1.66. The topological polar surface area (TPSA) is 123 Å². The average Bonchev–Trinajstić information content (AvgIpc) is 3.50. The number of aryl methyl sites for hydroxylation is 1. The molecular formula is C36H41N3O6S. The third-order valence-corrected chi connectivity index (χ3v) is 9.18. The van der Waals surface area contributed by atoms with Crippen LogP contribution in [0, 0.1) is 0 Å². The van der Waals surface area contributed by atoms with Crippen LogP contribution in [-0.4, -0.2) is 43.5 Å². The second-order valence-electron chi connectivity index (χ2n) is 11.5. The summed E-state index contributed by atoms with van der Waals surface area (Å²) in [5.74, 6) is -0.112. The summed E-state index contributed by atoms with van der Waals surface area (Å²) in [5.41, 5.74) is 5.86. The first-order valence-corrected chi connectivity index (χ1v) is 16.6. The van der Waals surface area contributed by atoms with Crippen molar-refractivity contribution in [2.24, 2.45) is 7.05 Å². The number of carbonyl (C=O) groups is 2. The summed E-state index contributed by atoms with van der Waals surface area (Å²) in [6.45, 7) is 0.416. The number of unbranched alkanes of at least 4 members (excludes halogenated alkanes) is 2. The molecule has 5 rings (SSSR count). The number of aliphatic carboxylic acids is 1. The summed E-state index contributed by atoms with van der Waals surface area (Å²) in [7, 11) is 1.98. The maximum Gasteiger partial charge on any atom is 0.303 e. The average molecular weight is 644 g/mol. The molecule has 0 bridgehead atoms. The van der Waals surface area contributed by atoms with Gasteiger partial charge in [0.25, 0.3) is 0 Å². The lowest BCUT2D eigenvalue weighted by Gasteiger charge is -2.36. The van der Waals surface area contributed by atoms with Gasteiger partial charge in [0.1, 0.15) is 0 Å². The first kappa shape index (κ1) is 33.4. The van der Waals surface area contributed by atoms with Crippen molar-refractivity contribution in [2.75, 3.05) is 5.75 Å². The van der Waals surface area contributed by atoms with E-state index in [1.807, 2.05) is 72.4 Å². The fourth-order valence-electron chi connectivity index (χ4n) is 5.43. The molecule has 3 N–H and O–H groups in total. The first-order valence-electron chi connectivity index (χ1n) is 15.7. The molecule has 0 spiro atoms. The number of thioether (sulfide) groups is 1. The van der Waals surface area contributed by atoms with E-state index in [2.05, 4.69) is 28.5 Å². The fourth-order valence-corrected chi connectivity index (χ4v) is 6.38. The molecule has 4 aromatic rings. The molecule has 2 heterocycles. The van der Waals surface area contributed by atoms with Gasteiger partial charge in [-0.05, 0) is 52.8 Å². The number of hydrogen-bond acceptors (Lipinski definition) is 7. The van der Waals surface area contributed by atoms with Crippen LogP contribution in [-0.2, 0) is 39.3 Å². The van der Waals surface area contributed by atoms with Crippen LogP contribution in [0.3, 0.4) is 0 Å². The Kier molecular flexibility index (Phi) is 12.0. The highest BCUT2D eigenvalue weighted by Gasteiger charge is 2.32. The number of nitrogens with one attached hydrogen (secondary N) is 1. The van der Waals surface area contributed by atoms with Gasteiger partial charge >= 0.3 is 5.97 Å². The number of rotatable bonds is 15. The molecule has 46 heavy (non-hydrogen) atoms. The molecule has 0 aliphatic carbocycles. The van der Waals surface area contributed by atoms with E-state index in [1.165, 1.54) is 0 Å². The third kappa shape index (κ3) is 9.53. The van der Waals surface area contributed by atoms with E-state index in [0.29, 0.717) is 32.2 Å². The van der Waals surface area contributed by atoms with Crippen LogP contribution in [0.15, 0.2) is 90.3 Å². The molecule has 3 atom stereocenters. The molecule has 0 unspecified atom stereocenters. The predicted octanol–water partition coefficient (Wildman–Crippen LogP) is 6.57. The molecule has 0 radical (unpaired) electrons. The molecule has 9 nitrogen and oxygen atoms in total. The van der Waals surface area contributed by atoms with Gasteiger partial charge in [-0.25, -0.2) is 4.98 Å². The number of amides is 1. The normalized spacial score (nSPS) is 17.9. The highest BCUT2D eigenvalue weighted by Crippen LogP contribution is 2.40. The SMILES string of the molecule is Cn1ccnc1SC[C@@H]1C[C@H](c2ccc(CO)cc2)O[C@H](c2cccc(-c3cccc(CNC(=O)CCCCCC(=O)O)c3)c2)O1. The molecular weight excluding hydrogens is 602 g/mol. The van der Waals surface area contributed by atoms with E-state index in [9.17, 15) is 14.7 Å². The Labute approximate surface area is 274 Å². The number of carbonyl (C=O) groups excluding carboxylic acids is 1. The van der Waals surface area contributed by atoms with Crippen molar-refractivity contribution in [3.8, 4) is 11.1 Å². The van der Waals surface area contributed by atoms with Gasteiger partial charge in [0, 0.05) is 56.6 Å². The van der Waals surface area contributed by atoms with Gasteiger partial charge < -0.3 is 29.6 Å². The zero-order valence-corrected chi connectivity index (χ0v) is 26.8. The fraction of sp³-hybridized carbons (Fsp3) is 0.361. The molecule has 1 amide bonds. The van der Waals surface area contributed by atoms with Crippen molar-refractivity contribution in [3.05, 3.63) is 107 Å². The Balaban J connectivity index is 1.26. The highest BCUT2D eigenvalue weighted by atomic mass is 32.2. The molecule has 1 aromatic heterocycles. The minimum Gasteiger partial charge on any atom is -0.481 e. The van der Waals surface area contributed by atoms with Gasteiger partial charge in [-0.1, -0.05) is 78.8 Å². The van der Waals surface area contributed by atoms with Gasteiger partial charge in [0.2, 0.25) is 5.91 Å². The monoisotopic (exact) mass is 643 g/mol. The van der Waals surface area contributed by atoms with E-state index in [1.54, 1.807) is 18.0 Å². The molecule has 10 heteroatoms. The molecule has 0 saturated carbocycles. The number of hydrogen-bond donors (Lipinski definition) is 3. The Morgan fingerprint density at radius 1 is 0.935 bits per heavy atom. The number of ether oxygens (including phenoxy) is 2. The number of carboxylic acids is 1. The predicted molar refractivity (Wildman–Crippen MR) is 177 cm³/mol. The van der Waals surface area contributed by atoms with Crippen molar-refractivity contribution in [2.45, 2.75) is 75.3 Å². The van der Waals surface area contributed by atoms with Crippen LogP contribution in [0.25, 0.3) is 11.1 Å². The summed E-state index contributed by atoms with van der Waals surface area (Å²) in [4.78, 5) is 27.4. The smallest absolute Gasteiger partial charge is 0.303 e. The van der Waals surface area contributed by atoms with Crippen LogP contribution in [0.5, 0.6) is 0 Å². The maximum atomic E-state index is 12.3. The number of aliphatic hydroxyl groups is 1. The van der Waals surface area contributed by atoms with Gasteiger partial charge in [-0.3, -0.25) is 9.59 Å².